The Hall–Kier alpha value is -1.15. The standard InChI is InChI=1S/C23H33FO6/c1-20-8-6-15(26)10-14(20)4-5-17-16-7-9-22(19(28)12-25,30-13-29-3)21(16,2)11-18(27)23(17,20)24/h10,16-18,25,27H,4-9,11-13H2,1-3H3/t16-,17-,18-,20-,21-,22-,23-/m0/s1. The molecule has 6 nitrogen and oxygen atoms in total. The van der Waals surface area contributed by atoms with Gasteiger partial charge in [0.2, 0.25) is 0 Å². The first-order valence-corrected chi connectivity index (χ1v) is 11.0. The van der Waals surface area contributed by atoms with E-state index in [1.807, 2.05) is 13.8 Å². The number of Topliss-reactive ketones (excluding diaryl/α,β-unsaturated/α-hetero) is 1. The first-order valence-electron chi connectivity index (χ1n) is 11.0. The molecule has 0 saturated heterocycles. The molecule has 0 spiro atoms. The molecule has 3 saturated carbocycles. The van der Waals surface area contributed by atoms with Crippen molar-refractivity contribution < 1.29 is 33.7 Å². The maximum atomic E-state index is 17.1. The van der Waals surface area contributed by atoms with Crippen LogP contribution in [0.4, 0.5) is 4.39 Å². The van der Waals surface area contributed by atoms with Gasteiger partial charge >= 0.3 is 0 Å². The van der Waals surface area contributed by atoms with Crippen molar-refractivity contribution in [3.05, 3.63) is 11.6 Å². The molecule has 168 valence electrons. The maximum Gasteiger partial charge on any atom is 0.190 e. The average Bonchev–Trinajstić information content (AvgIpc) is 3.00. The number of aliphatic hydroxyl groups is 2. The molecule has 0 aliphatic heterocycles. The predicted molar refractivity (Wildman–Crippen MR) is 106 cm³/mol. The van der Waals surface area contributed by atoms with Gasteiger partial charge in [-0.3, -0.25) is 9.59 Å². The Bertz CT molecular complexity index is 782. The van der Waals surface area contributed by atoms with E-state index < -0.39 is 46.5 Å². The molecule has 0 aromatic carbocycles. The number of carbonyl (C=O) groups is 2. The number of ether oxygens (including phenoxy) is 2. The van der Waals surface area contributed by atoms with Crippen molar-refractivity contribution in [3.63, 3.8) is 0 Å². The lowest BCUT2D eigenvalue weighted by molar-refractivity contribution is -0.244. The first-order chi connectivity index (χ1) is 14.1. The summed E-state index contributed by atoms with van der Waals surface area (Å²) in [6, 6.07) is 0. The lowest BCUT2D eigenvalue weighted by Crippen LogP contribution is -2.70. The van der Waals surface area contributed by atoms with E-state index in [4.69, 9.17) is 9.47 Å². The van der Waals surface area contributed by atoms with Crippen molar-refractivity contribution >= 4 is 11.6 Å². The van der Waals surface area contributed by atoms with Crippen molar-refractivity contribution in [3.8, 4) is 0 Å². The molecule has 7 heteroatoms. The Morgan fingerprint density at radius 3 is 2.63 bits per heavy atom. The minimum absolute atomic E-state index is 0.0288. The lowest BCUT2D eigenvalue weighted by Gasteiger charge is -2.63. The van der Waals surface area contributed by atoms with Crippen molar-refractivity contribution in [2.45, 2.75) is 76.2 Å². The molecule has 30 heavy (non-hydrogen) atoms. The van der Waals surface area contributed by atoms with Crippen LogP contribution < -0.4 is 0 Å². The second-order valence-electron chi connectivity index (χ2n) is 10.1. The highest BCUT2D eigenvalue weighted by Crippen LogP contribution is 2.70. The van der Waals surface area contributed by atoms with Crippen molar-refractivity contribution in [1.29, 1.82) is 0 Å². The summed E-state index contributed by atoms with van der Waals surface area (Å²) in [4.78, 5) is 24.9. The number of aliphatic hydroxyl groups excluding tert-OH is 2. The Labute approximate surface area is 176 Å². The average molecular weight is 425 g/mol. The third kappa shape index (κ3) is 2.55. The molecule has 0 unspecified atom stereocenters. The van der Waals surface area contributed by atoms with Crippen molar-refractivity contribution in [2.24, 2.45) is 22.7 Å². The SMILES string of the molecule is COCO[C@]1(C(=O)CO)CC[C@H]2[C@@H]3CCC4=CC(=O)CC[C@]4(C)[C@@]3(F)[C@@H](O)C[C@@]21C. The van der Waals surface area contributed by atoms with Gasteiger partial charge in [0.1, 0.15) is 24.7 Å². The van der Waals surface area contributed by atoms with E-state index in [1.165, 1.54) is 7.11 Å². The van der Waals surface area contributed by atoms with Gasteiger partial charge in [0.15, 0.2) is 11.6 Å². The molecule has 0 radical (unpaired) electrons. The van der Waals surface area contributed by atoms with Crippen LogP contribution in [0.2, 0.25) is 0 Å². The first kappa shape index (κ1) is 22.1. The summed E-state index contributed by atoms with van der Waals surface area (Å²) >= 11 is 0. The fraction of sp³-hybridized carbons (Fsp3) is 0.826. The number of allylic oxidation sites excluding steroid dienone is 1. The molecular formula is C23H33FO6. The summed E-state index contributed by atoms with van der Waals surface area (Å²) in [7, 11) is 1.47. The van der Waals surface area contributed by atoms with E-state index in [1.54, 1.807) is 6.08 Å². The van der Waals surface area contributed by atoms with Crippen LogP contribution in [0.5, 0.6) is 0 Å². The third-order valence-corrected chi connectivity index (χ3v) is 9.18. The van der Waals surface area contributed by atoms with Crippen LogP contribution >= 0.6 is 0 Å². The minimum atomic E-state index is -1.86. The van der Waals surface area contributed by atoms with Gasteiger partial charge in [-0.1, -0.05) is 19.4 Å². The molecule has 4 aliphatic rings. The van der Waals surface area contributed by atoms with E-state index in [0.717, 1.165) is 5.57 Å². The Morgan fingerprint density at radius 2 is 1.97 bits per heavy atom. The Kier molecular flexibility index (Phi) is 5.29. The number of fused-ring (bicyclic) bond motifs is 5. The van der Waals surface area contributed by atoms with E-state index >= 15 is 4.39 Å². The summed E-state index contributed by atoms with van der Waals surface area (Å²) in [5, 5.41) is 21.0. The zero-order valence-corrected chi connectivity index (χ0v) is 18.1. The van der Waals surface area contributed by atoms with E-state index in [-0.39, 0.29) is 31.3 Å². The van der Waals surface area contributed by atoms with Gasteiger partial charge in [-0.05, 0) is 50.5 Å². The van der Waals surface area contributed by atoms with Gasteiger partial charge in [0.05, 0.1) is 6.10 Å². The van der Waals surface area contributed by atoms with Gasteiger partial charge < -0.3 is 19.7 Å². The third-order valence-electron chi connectivity index (χ3n) is 9.18. The highest BCUT2D eigenvalue weighted by atomic mass is 19.1. The maximum absolute atomic E-state index is 17.1. The number of methoxy groups -OCH3 is 1. The molecule has 0 amide bonds. The predicted octanol–water partition coefficient (Wildman–Crippen LogP) is 2.50. The lowest BCUT2D eigenvalue weighted by atomic mass is 9.44. The molecule has 4 rings (SSSR count). The molecule has 0 heterocycles. The summed E-state index contributed by atoms with van der Waals surface area (Å²) in [6.45, 7) is 2.98. The summed E-state index contributed by atoms with van der Waals surface area (Å²) < 4.78 is 28.1. The smallest absolute Gasteiger partial charge is 0.190 e. The highest BCUT2D eigenvalue weighted by molar-refractivity contribution is 5.92. The van der Waals surface area contributed by atoms with Gasteiger partial charge in [-0.2, -0.15) is 0 Å². The molecule has 0 bridgehead atoms. The van der Waals surface area contributed by atoms with Crippen LogP contribution in [0.25, 0.3) is 0 Å². The molecule has 0 aromatic heterocycles. The minimum Gasteiger partial charge on any atom is -0.390 e. The number of rotatable bonds is 5. The zero-order valence-electron chi connectivity index (χ0n) is 18.1. The summed E-state index contributed by atoms with van der Waals surface area (Å²) in [6.07, 6.45) is 3.16. The summed E-state index contributed by atoms with van der Waals surface area (Å²) in [5.41, 5.74) is -4.05. The Balaban J connectivity index is 1.78. The van der Waals surface area contributed by atoms with E-state index in [0.29, 0.717) is 32.1 Å². The molecular weight excluding hydrogens is 391 g/mol. The van der Waals surface area contributed by atoms with Crippen LogP contribution in [-0.4, -0.2) is 59.7 Å². The summed E-state index contributed by atoms with van der Waals surface area (Å²) in [5.74, 6) is -1.02. The van der Waals surface area contributed by atoms with Crippen LogP contribution in [-0.2, 0) is 19.1 Å². The molecule has 2 N–H and O–H groups in total. The second kappa shape index (κ2) is 7.19. The van der Waals surface area contributed by atoms with Crippen LogP contribution in [0.15, 0.2) is 11.6 Å². The van der Waals surface area contributed by atoms with Gasteiger partial charge in [0.25, 0.3) is 0 Å². The zero-order chi connectivity index (χ0) is 21.9. The normalized spacial score (nSPS) is 47.9. The fourth-order valence-corrected chi connectivity index (χ4v) is 7.62. The van der Waals surface area contributed by atoms with Gasteiger partial charge in [-0.25, -0.2) is 4.39 Å². The Morgan fingerprint density at radius 1 is 1.23 bits per heavy atom. The van der Waals surface area contributed by atoms with Crippen LogP contribution in [0, 0.1) is 22.7 Å². The number of hydrogen-bond acceptors (Lipinski definition) is 6. The largest absolute Gasteiger partial charge is 0.390 e. The van der Waals surface area contributed by atoms with Crippen LogP contribution in [0.3, 0.4) is 0 Å². The van der Waals surface area contributed by atoms with E-state index in [9.17, 15) is 19.8 Å². The number of alkyl halides is 1. The number of ketones is 2. The molecule has 0 aromatic rings. The number of hydrogen-bond donors (Lipinski definition) is 2. The number of halogens is 1. The van der Waals surface area contributed by atoms with Gasteiger partial charge in [0, 0.05) is 30.3 Å². The molecule has 3 fully saturated rings. The second-order valence-corrected chi connectivity index (χ2v) is 10.1. The quantitative estimate of drug-likeness (QED) is 0.659. The van der Waals surface area contributed by atoms with Gasteiger partial charge in [-0.15, -0.1) is 0 Å². The molecule has 4 aliphatic carbocycles. The monoisotopic (exact) mass is 424 g/mol. The number of carbonyl (C=O) groups excluding carboxylic acids is 2. The van der Waals surface area contributed by atoms with E-state index in [2.05, 4.69) is 0 Å². The highest BCUT2D eigenvalue weighted by Gasteiger charge is 2.74. The topological polar surface area (TPSA) is 93.1 Å². The van der Waals surface area contributed by atoms with Crippen molar-refractivity contribution in [1.82, 2.24) is 0 Å². The molecule has 7 atom stereocenters. The van der Waals surface area contributed by atoms with Crippen LogP contribution in [0.1, 0.15) is 58.8 Å². The fourth-order valence-electron chi connectivity index (χ4n) is 7.62. The van der Waals surface area contributed by atoms with Crippen molar-refractivity contribution in [2.75, 3.05) is 20.5 Å².